The summed E-state index contributed by atoms with van der Waals surface area (Å²) in [6.07, 6.45) is 8.92. The lowest BCUT2D eigenvalue weighted by Crippen LogP contribution is -2.55. The number of carbonyl (C=O) groups is 2. The average Bonchev–Trinajstić information content (AvgIpc) is 2.99. The van der Waals surface area contributed by atoms with Crippen LogP contribution in [0.2, 0.25) is 0 Å². The molecule has 0 bridgehead atoms. The molecule has 208 valence electrons. The minimum Gasteiger partial charge on any atom is -0.387 e. The molecular formula is C28H50N2O6. The van der Waals surface area contributed by atoms with Gasteiger partial charge in [0.25, 0.3) is 5.91 Å². The van der Waals surface area contributed by atoms with Gasteiger partial charge in [0.2, 0.25) is 5.91 Å². The minimum atomic E-state index is -1.67. The molecule has 36 heavy (non-hydrogen) atoms. The fourth-order valence-electron chi connectivity index (χ4n) is 4.30. The summed E-state index contributed by atoms with van der Waals surface area (Å²) >= 11 is 0. The SMILES string of the molecule is C=CCCCCCCCCN1CCCCC(NC(=O)[C@H](OC)[C@H](O)[C@@H](O)[C@H](O)/C=C/C(C)(C)C)C1=O. The van der Waals surface area contributed by atoms with E-state index in [0.29, 0.717) is 19.5 Å². The van der Waals surface area contributed by atoms with Gasteiger partial charge in [-0.05, 0) is 43.9 Å². The van der Waals surface area contributed by atoms with Crippen molar-refractivity contribution in [2.24, 2.45) is 5.41 Å². The number of methoxy groups -OCH3 is 1. The Balaban J connectivity index is 2.63. The standard InChI is InChI=1S/C28H50N2O6/c1-6-7-8-9-10-11-12-14-19-30-20-15-13-16-21(27(30)35)29-26(34)25(36-5)24(33)23(32)22(31)17-18-28(2,3)4/h6,17-18,21-25,31-33H,1,7-16,19-20H2,2-5H3,(H,29,34)/b18-17+/t21?,22-,23+,24-,25-/m1/s1. The fourth-order valence-corrected chi connectivity index (χ4v) is 4.30. The number of hydrogen-bond acceptors (Lipinski definition) is 6. The second kappa shape index (κ2) is 16.9. The van der Waals surface area contributed by atoms with Gasteiger partial charge < -0.3 is 30.3 Å². The van der Waals surface area contributed by atoms with Crippen LogP contribution >= 0.6 is 0 Å². The maximum atomic E-state index is 13.1. The molecule has 1 heterocycles. The van der Waals surface area contributed by atoms with E-state index in [2.05, 4.69) is 11.9 Å². The molecule has 0 aromatic heterocycles. The molecule has 8 heteroatoms. The molecule has 1 fully saturated rings. The summed E-state index contributed by atoms with van der Waals surface area (Å²) in [6.45, 7) is 10.9. The Bertz CT molecular complexity index is 690. The lowest BCUT2D eigenvalue weighted by molar-refractivity contribution is -0.151. The second-order valence-corrected chi connectivity index (χ2v) is 10.9. The van der Waals surface area contributed by atoms with E-state index in [4.69, 9.17) is 4.74 Å². The molecule has 0 aromatic carbocycles. The maximum absolute atomic E-state index is 13.1. The van der Waals surface area contributed by atoms with Crippen LogP contribution in [-0.2, 0) is 14.3 Å². The van der Waals surface area contributed by atoms with Gasteiger partial charge in [-0.3, -0.25) is 9.59 Å². The molecule has 0 aromatic rings. The van der Waals surface area contributed by atoms with Crippen LogP contribution in [-0.4, -0.2) is 82.7 Å². The summed E-state index contributed by atoms with van der Waals surface area (Å²) in [5.41, 5.74) is -0.221. The number of rotatable bonds is 16. The van der Waals surface area contributed by atoms with Gasteiger partial charge in [0.1, 0.15) is 24.4 Å². The minimum absolute atomic E-state index is 0.120. The fraction of sp³-hybridized carbons (Fsp3) is 0.786. The van der Waals surface area contributed by atoms with Crippen molar-refractivity contribution in [2.75, 3.05) is 20.2 Å². The topological polar surface area (TPSA) is 119 Å². The monoisotopic (exact) mass is 510 g/mol. The van der Waals surface area contributed by atoms with Gasteiger partial charge in [-0.15, -0.1) is 6.58 Å². The molecule has 0 saturated carbocycles. The highest BCUT2D eigenvalue weighted by atomic mass is 16.5. The van der Waals surface area contributed by atoms with E-state index < -0.39 is 36.4 Å². The van der Waals surface area contributed by atoms with Crippen molar-refractivity contribution < 1.29 is 29.6 Å². The van der Waals surface area contributed by atoms with Crippen LogP contribution < -0.4 is 5.32 Å². The number of likely N-dealkylation sites (tertiary alicyclic amines) is 1. The van der Waals surface area contributed by atoms with Crippen LogP contribution in [0.5, 0.6) is 0 Å². The van der Waals surface area contributed by atoms with Gasteiger partial charge >= 0.3 is 0 Å². The predicted molar refractivity (Wildman–Crippen MR) is 142 cm³/mol. The highest BCUT2D eigenvalue weighted by Gasteiger charge is 2.37. The van der Waals surface area contributed by atoms with E-state index in [1.54, 1.807) is 6.08 Å². The quantitative estimate of drug-likeness (QED) is 0.187. The van der Waals surface area contributed by atoms with E-state index in [0.717, 1.165) is 38.5 Å². The molecule has 1 aliphatic heterocycles. The van der Waals surface area contributed by atoms with Crippen molar-refractivity contribution in [3.63, 3.8) is 0 Å². The van der Waals surface area contributed by atoms with Crippen LogP contribution in [0.1, 0.15) is 85.0 Å². The summed E-state index contributed by atoms with van der Waals surface area (Å²) in [6, 6.07) is -0.702. The highest BCUT2D eigenvalue weighted by Crippen LogP contribution is 2.18. The largest absolute Gasteiger partial charge is 0.387 e. The van der Waals surface area contributed by atoms with Crippen molar-refractivity contribution in [1.82, 2.24) is 10.2 Å². The number of aliphatic hydroxyl groups excluding tert-OH is 3. The Morgan fingerprint density at radius 3 is 2.36 bits per heavy atom. The number of hydrogen-bond donors (Lipinski definition) is 4. The molecule has 5 atom stereocenters. The molecule has 1 unspecified atom stereocenters. The molecule has 1 aliphatic rings. The molecule has 0 spiro atoms. The molecule has 1 rings (SSSR count). The number of ether oxygens (including phenoxy) is 1. The molecule has 1 saturated heterocycles. The van der Waals surface area contributed by atoms with Crippen LogP contribution in [0.25, 0.3) is 0 Å². The van der Waals surface area contributed by atoms with E-state index >= 15 is 0 Å². The van der Waals surface area contributed by atoms with Gasteiger partial charge in [0, 0.05) is 20.2 Å². The first-order valence-corrected chi connectivity index (χ1v) is 13.5. The third-order valence-corrected chi connectivity index (χ3v) is 6.50. The number of amides is 2. The summed E-state index contributed by atoms with van der Waals surface area (Å²) < 4.78 is 5.16. The molecule has 8 nitrogen and oxygen atoms in total. The predicted octanol–water partition coefficient (Wildman–Crippen LogP) is 3.10. The van der Waals surface area contributed by atoms with Crippen LogP contribution in [0, 0.1) is 5.41 Å². The Morgan fingerprint density at radius 1 is 1.11 bits per heavy atom. The van der Waals surface area contributed by atoms with Crippen LogP contribution in [0.3, 0.4) is 0 Å². The maximum Gasteiger partial charge on any atom is 0.252 e. The third-order valence-electron chi connectivity index (χ3n) is 6.50. The smallest absolute Gasteiger partial charge is 0.252 e. The van der Waals surface area contributed by atoms with Crippen molar-refractivity contribution in [1.29, 1.82) is 0 Å². The highest BCUT2D eigenvalue weighted by molar-refractivity contribution is 5.89. The first kappa shape index (κ1) is 32.3. The zero-order valence-corrected chi connectivity index (χ0v) is 22.8. The molecular weight excluding hydrogens is 460 g/mol. The lowest BCUT2D eigenvalue weighted by Gasteiger charge is -2.29. The van der Waals surface area contributed by atoms with E-state index in [1.165, 1.54) is 32.4 Å². The first-order valence-electron chi connectivity index (χ1n) is 13.5. The molecule has 0 aliphatic carbocycles. The summed E-state index contributed by atoms with van der Waals surface area (Å²) in [5, 5.41) is 33.9. The van der Waals surface area contributed by atoms with Crippen molar-refractivity contribution in [3.8, 4) is 0 Å². The zero-order chi connectivity index (χ0) is 27.1. The number of aliphatic hydroxyl groups is 3. The number of nitrogens with zero attached hydrogens (tertiary/aromatic N) is 1. The number of carbonyl (C=O) groups excluding carboxylic acids is 2. The zero-order valence-electron chi connectivity index (χ0n) is 22.8. The Kier molecular flexibility index (Phi) is 15.2. The summed E-state index contributed by atoms with van der Waals surface area (Å²) in [7, 11) is 1.25. The first-order chi connectivity index (χ1) is 17.0. The van der Waals surface area contributed by atoms with E-state index in [1.807, 2.05) is 31.7 Å². The Morgan fingerprint density at radius 2 is 1.75 bits per heavy atom. The van der Waals surface area contributed by atoms with Crippen LogP contribution in [0.15, 0.2) is 24.8 Å². The number of allylic oxidation sites excluding steroid dienone is 2. The number of nitrogens with one attached hydrogen (secondary N) is 1. The van der Waals surface area contributed by atoms with Crippen molar-refractivity contribution in [2.45, 2.75) is 115 Å². The van der Waals surface area contributed by atoms with Gasteiger partial charge in [0.15, 0.2) is 6.10 Å². The average molecular weight is 511 g/mol. The van der Waals surface area contributed by atoms with E-state index in [-0.39, 0.29) is 11.3 Å². The lowest BCUT2D eigenvalue weighted by atomic mass is 9.94. The normalized spacial score (nSPS) is 20.6. The van der Waals surface area contributed by atoms with Crippen molar-refractivity contribution >= 4 is 11.8 Å². The number of unbranched alkanes of at least 4 members (excludes halogenated alkanes) is 6. The van der Waals surface area contributed by atoms with Crippen LogP contribution in [0.4, 0.5) is 0 Å². The molecule has 4 N–H and O–H groups in total. The Hall–Kier alpha value is -1.74. The van der Waals surface area contributed by atoms with Crippen molar-refractivity contribution in [3.05, 3.63) is 24.8 Å². The van der Waals surface area contributed by atoms with E-state index in [9.17, 15) is 24.9 Å². The second-order valence-electron chi connectivity index (χ2n) is 10.9. The van der Waals surface area contributed by atoms with Gasteiger partial charge in [-0.1, -0.05) is 64.7 Å². The summed E-state index contributed by atoms with van der Waals surface area (Å²) in [5.74, 6) is -0.805. The molecule has 2 amide bonds. The summed E-state index contributed by atoms with van der Waals surface area (Å²) in [4.78, 5) is 27.9. The van der Waals surface area contributed by atoms with Gasteiger partial charge in [0.05, 0.1) is 0 Å². The van der Waals surface area contributed by atoms with Gasteiger partial charge in [-0.25, -0.2) is 0 Å². The Labute approximate surface area is 217 Å². The third kappa shape index (κ3) is 12.0. The van der Waals surface area contributed by atoms with Gasteiger partial charge in [-0.2, -0.15) is 0 Å². The molecule has 0 radical (unpaired) electrons.